The molecule has 0 aliphatic carbocycles. The van der Waals surface area contributed by atoms with Crippen molar-refractivity contribution >= 4 is 28.6 Å². The Labute approximate surface area is 196 Å². The minimum atomic E-state index is -0.839. The van der Waals surface area contributed by atoms with E-state index in [0.717, 1.165) is 27.7 Å². The number of aromatic amines is 1. The second kappa shape index (κ2) is 8.51. The number of H-pyrrole nitrogens is 1. The maximum absolute atomic E-state index is 13.5. The molecule has 3 amide bonds. The van der Waals surface area contributed by atoms with E-state index in [1.165, 1.54) is 0 Å². The van der Waals surface area contributed by atoms with Crippen LogP contribution in [0.4, 0.5) is 0 Å². The van der Waals surface area contributed by atoms with Crippen LogP contribution in [0.15, 0.2) is 78.9 Å². The number of aromatic nitrogens is 1. The molecule has 1 aliphatic rings. The third-order valence-electron chi connectivity index (χ3n) is 6.35. The number of nitrogens with one attached hydrogen (secondary N) is 3. The van der Waals surface area contributed by atoms with Crippen molar-refractivity contribution in [1.82, 2.24) is 20.7 Å². The lowest BCUT2D eigenvalue weighted by molar-refractivity contribution is -0.126. The van der Waals surface area contributed by atoms with Crippen LogP contribution in [0.2, 0.25) is 0 Å². The van der Waals surface area contributed by atoms with Gasteiger partial charge in [-0.1, -0.05) is 54.6 Å². The first kappa shape index (κ1) is 21.5. The molecule has 0 saturated carbocycles. The minimum absolute atomic E-state index is 0.220. The van der Waals surface area contributed by atoms with Gasteiger partial charge in [-0.15, -0.1) is 0 Å². The maximum atomic E-state index is 13.5. The topological polar surface area (TPSA) is 94.3 Å². The highest BCUT2D eigenvalue weighted by molar-refractivity contribution is 6.04. The Morgan fingerprint density at radius 3 is 2.38 bits per heavy atom. The average Bonchev–Trinajstić information content (AvgIpc) is 3.35. The number of fused-ring (bicyclic) bond motifs is 2. The van der Waals surface area contributed by atoms with E-state index in [4.69, 9.17) is 0 Å². The molecule has 2 heterocycles. The Morgan fingerprint density at radius 2 is 1.59 bits per heavy atom. The number of rotatable bonds is 4. The van der Waals surface area contributed by atoms with Gasteiger partial charge in [0, 0.05) is 33.3 Å². The van der Waals surface area contributed by atoms with Crippen LogP contribution in [-0.2, 0) is 4.79 Å². The van der Waals surface area contributed by atoms with Crippen molar-refractivity contribution in [2.45, 2.75) is 25.9 Å². The highest BCUT2D eigenvalue weighted by Crippen LogP contribution is 2.43. The fourth-order valence-electron chi connectivity index (χ4n) is 4.69. The van der Waals surface area contributed by atoms with Gasteiger partial charge in [-0.25, -0.2) is 0 Å². The van der Waals surface area contributed by atoms with Gasteiger partial charge < -0.3 is 9.88 Å². The van der Waals surface area contributed by atoms with E-state index in [1.807, 2.05) is 49.4 Å². The normalized spacial score (nSPS) is 15.8. The number of hydrazine groups is 1. The molecule has 0 spiro atoms. The van der Waals surface area contributed by atoms with Gasteiger partial charge in [0.15, 0.2) is 0 Å². The summed E-state index contributed by atoms with van der Waals surface area (Å²) in [6.07, 6.45) is 0. The van der Waals surface area contributed by atoms with Gasteiger partial charge in [0.2, 0.25) is 0 Å². The molecule has 0 fully saturated rings. The summed E-state index contributed by atoms with van der Waals surface area (Å²) in [5.74, 6) is -1.13. The summed E-state index contributed by atoms with van der Waals surface area (Å²) >= 11 is 0. The number of carbonyl (C=O) groups is 3. The van der Waals surface area contributed by atoms with E-state index in [0.29, 0.717) is 11.1 Å². The van der Waals surface area contributed by atoms with Crippen molar-refractivity contribution in [2.24, 2.45) is 0 Å². The van der Waals surface area contributed by atoms with E-state index >= 15 is 0 Å². The summed E-state index contributed by atoms with van der Waals surface area (Å²) in [4.78, 5) is 44.0. The number of aryl methyl sites for hydroxylation is 1. The molecule has 4 aromatic rings. The van der Waals surface area contributed by atoms with E-state index in [2.05, 4.69) is 15.8 Å². The highest BCUT2D eigenvalue weighted by atomic mass is 16.2. The predicted octanol–water partition coefficient (Wildman–Crippen LogP) is 3.87. The van der Waals surface area contributed by atoms with Gasteiger partial charge in [0.25, 0.3) is 17.7 Å². The molecule has 170 valence electrons. The van der Waals surface area contributed by atoms with E-state index in [9.17, 15) is 14.4 Å². The van der Waals surface area contributed by atoms with E-state index < -0.39 is 23.9 Å². The second-order valence-corrected chi connectivity index (χ2v) is 8.40. The van der Waals surface area contributed by atoms with Crippen molar-refractivity contribution in [3.8, 4) is 0 Å². The number of hydrogen-bond acceptors (Lipinski definition) is 3. The quantitative estimate of drug-likeness (QED) is 0.410. The Bertz CT molecular complexity index is 1410. The van der Waals surface area contributed by atoms with Crippen molar-refractivity contribution in [2.75, 3.05) is 0 Å². The zero-order valence-corrected chi connectivity index (χ0v) is 18.8. The van der Waals surface area contributed by atoms with Gasteiger partial charge in [-0.2, -0.15) is 0 Å². The fraction of sp³-hybridized carbons (Fsp3) is 0.148. The first-order valence-electron chi connectivity index (χ1n) is 11.1. The van der Waals surface area contributed by atoms with Crippen LogP contribution in [0.5, 0.6) is 0 Å². The van der Waals surface area contributed by atoms with Gasteiger partial charge in [-0.3, -0.25) is 25.2 Å². The molecule has 7 nitrogen and oxygen atoms in total. The average molecular weight is 453 g/mol. The molecule has 7 heteroatoms. The standard InChI is InChI=1S/C27H24N4O3/c1-16-23(21-14-8-9-15-22(21)28-16)24-19-12-6-7-13-20(19)27(34)31(24)17(2)25(32)29-30-26(33)18-10-4-3-5-11-18/h3-15,17,24,28H,1-2H3,(H,29,32)(H,30,33). The Morgan fingerprint density at radius 1 is 0.912 bits per heavy atom. The van der Waals surface area contributed by atoms with Crippen LogP contribution in [0.3, 0.4) is 0 Å². The third-order valence-corrected chi connectivity index (χ3v) is 6.35. The summed E-state index contributed by atoms with van der Waals surface area (Å²) in [7, 11) is 0. The van der Waals surface area contributed by atoms with E-state index in [1.54, 1.807) is 48.2 Å². The number of para-hydroxylation sites is 1. The van der Waals surface area contributed by atoms with Gasteiger partial charge >= 0.3 is 0 Å². The second-order valence-electron chi connectivity index (χ2n) is 8.40. The summed E-state index contributed by atoms with van der Waals surface area (Å²) in [6.45, 7) is 3.65. The molecule has 1 aromatic heterocycles. The lowest BCUT2D eigenvalue weighted by Crippen LogP contribution is -2.52. The summed E-state index contributed by atoms with van der Waals surface area (Å²) in [5, 5.41) is 1.00. The number of benzene rings is 3. The van der Waals surface area contributed by atoms with Crippen molar-refractivity contribution in [1.29, 1.82) is 0 Å². The molecule has 3 aromatic carbocycles. The van der Waals surface area contributed by atoms with Crippen molar-refractivity contribution in [3.63, 3.8) is 0 Å². The lowest BCUT2D eigenvalue weighted by atomic mass is 9.95. The van der Waals surface area contributed by atoms with Gasteiger partial charge in [-0.05, 0) is 43.7 Å². The molecular formula is C27H24N4O3. The molecule has 0 saturated heterocycles. The molecule has 0 radical (unpaired) electrons. The van der Waals surface area contributed by atoms with Gasteiger partial charge in [0.05, 0.1) is 6.04 Å². The van der Waals surface area contributed by atoms with Crippen LogP contribution >= 0.6 is 0 Å². The van der Waals surface area contributed by atoms with Crippen molar-refractivity contribution < 1.29 is 14.4 Å². The number of amides is 3. The summed E-state index contributed by atoms with van der Waals surface area (Å²) in [6, 6.07) is 22.7. The monoisotopic (exact) mass is 452 g/mol. The molecule has 2 atom stereocenters. The highest BCUT2D eigenvalue weighted by Gasteiger charge is 2.43. The van der Waals surface area contributed by atoms with Crippen LogP contribution in [0.1, 0.15) is 50.5 Å². The minimum Gasteiger partial charge on any atom is -0.358 e. The number of nitrogens with zero attached hydrogens (tertiary/aromatic N) is 1. The SMILES string of the molecule is Cc1[nH]c2ccccc2c1C1c2ccccc2C(=O)N1C(C)C(=O)NNC(=O)c1ccccc1. The molecule has 3 N–H and O–H groups in total. The molecule has 1 aliphatic heterocycles. The van der Waals surface area contributed by atoms with Crippen LogP contribution in [0.25, 0.3) is 10.9 Å². The first-order valence-corrected chi connectivity index (χ1v) is 11.1. The Balaban J connectivity index is 1.48. The molecule has 2 unspecified atom stereocenters. The smallest absolute Gasteiger partial charge is 0.269 e. The van der Waals surface area contributed by atoms with Gasteiger partial charge in [0.1, 0.15) is 6.04 Å². The summed E-state index contributed by atoms with van der Waals surface area (Å²) < 4.78 is 0. The largest absolute Gasteiger partial charge is 0.358 e. The third kappa shape index (κ3) is 3.51. The molecule has 0 bridgehead atoms. The van der Waals surface area contributed by atoms with E-state index in [-0.39, 0.29) is 5.91 Å². The Kier molecular flexibility index (Phi) is 5.37. The summed E-state index contributed by atoms with van der Waals surface area (Å²) in [5.41, 5.74) is 9.65. The lowest BCUT2D eigenvalue weighted by Gasteiger charge is -2.31. The zero-order chi connectivity index (χ0) is 23.8. The van der Waals surface area contributed by atoms with Crippen LogP contribution in [-0.4, -0.2) is 33.6 Å². The molecule has 34 heavy (non-hydrogen) atoms. The Hall–Kier alpha value is -4.39. The predicted molar refractivity (Wildman–Crippen MR) is 129 cm³/mol. The zero-order valence-electron chi connectivity index (χ0n) is 18.8. The maximum Gasteiger partial charge on any atom is 0.269 e. The number of hydrogen-bond donors (Lipinski definition) is 3. The van der Waals surface area contributed by atoms with Crippen molar-refractivity contribution in [3.05, 3.63) is 107 Å². The van der Waals surface area contributed by atoms with Crippen LogP contribution in [0, 0.1) is 6.92 Å². The van der Waals surface area contributed by atoms with Crippen LogP contribution < -0.4 is 10.9 Å². The first-order chi connectivity index (χ1) is 16.5. The molecule has 5 rings (SSSR count). The molecular weight excluding hydrogens is 428 g/mol. The fourth-order valence-corrected chi connectivity index (χ4v) is 4.69. The number of carbonyl (C=O) groups excluding carboxylic acids is 3.